The highest BCUT2D eigenvalue weighted by molar-refractivity contribution is 5.80. The highest BCUT2D eigenvalue weighted by Gasteiger charge is 2.32. The molecule has 0 radical (unpaired) electrons. The van der Waals surface area contributed by atoms with E-state index < -0.39 is 11.5 Å². The van der Waals surface area contributed by atoms with Crippen LogP contribution >= 0.6 is 0 Å². The lowest BCUT2D eigenvalue weighted by Crippen LogP contribution is -2.51. The molecular weight excluding hydrogens is 270 g/mol. The molecule has 0 saturated heterocycles. The van der Waals surface area contributed by atoms with Crippen molar-refractivity contribution >= 4 is 11.9 Å². The second kappa shape index (κ2) is 7.11. The van der Waals surface area contributed by atoms with E-state index in [4.69, 9.17) is 9.84 Å². The molecule has 5 nitrogen and oxygen atoms in total. The van der Waals surface area contributed by atoms with Crippen molar-refractivity contribution in [3.63, 3.8) is 0 Å². The summed E-state index contributed by atoms with van der Waals surface area (Å²) in [6.07, 6.45) is 0.116. The van der Waals surface area contributed by atoms with Crippen molar-refractivity contribution in [2.45, 2.75) is 39.2 Å². The fraction of sp³-hybridized carbons (Fsp3) is 0.500. The Morgan fingerprint density at radius 1 is 1.29 bits per heavy atom. The number of nitrogens with one attached hydrogen (secondary N) is 1. The summed E-state index contributed by atoms with van der Waals surface area (Å²) in [6, 6.07) is 7.23. The van der Waals surface area contributed by atoms with Gasteiger partial charge in [-0.15, -0.1) is 0 Å². The number of hydrogen-bond acceptors (Lipinski definition) is 3. The lowest BCUT2D eigenvalue weighted by atomic mass is 9.85. The molecule has 2 N–H and O–H groups in total. The fourth-order valence-corrected chi connectivity index (χ4v) is 2.00. The minimum Gasteiger partial charge on any atom is -0.497 e. The summed E-state index contributed by atoms with van der Waals surface area (Å²) in [6.45, 7) is 5.56. The van der Waals surface area contributed by atoms with Crippen LogP contribution in [0.1, 0.15) is 32.8 Å². The summed E-state index contributed by atoms with van der Waals surface area (Å²) < 4.78 is 5.06. The zero-order valence-electron chi connectivity index (χ0n) is 13.0. The number of carbonyl (C=O) groups excluding carboxylic acids is 1. The molecule has 1 atom stereocenters. The Hall–Kier alpha value is -2.04. The molecule has 0 fully saturated rings. The van der Waals surface area contributed by atoms with Gasteiger partial charge in [-0.3, -0.25) is 9.59 Å². The van der Waals surface area contributed by atoms with Gasteiger partial charge in [0.05, 0.1) is 20.0 Å². The van der Waals surface area contributed by atoms with Crippen LogP contribution in [-0.2, 0) is 16.0 Å². The van der Waals surface area contributed by atoms with Gasteiger partial charge in [0.15, 0.2) is 0 Å². The third-order valence-corrected chi connectivity index (χ3v) is 3.74. The molecule has 0 aliphatic heterocycles. The Morgan fingerprint density at radius 3 is 2.29 bits per heavy atom. The molecule has 1 aromatic carbocycles. The predicted molar refractivity (Wildman–Crippen MR) is 80.3 cm³/mol. The third-order valence-electron chi connectivity index (χ3n) is 3.74. The lowest BCUT2D eigenvalue weighted by Gasteiger charge is -2.33. The fourth-order valence-electron chi connectivity index (χ4n) is 2.00. The van der Waals surface area contributed by atoms with Gasteiger partial charge in [0, 0.05) is 5.54 Å². The van der Waals surface area contributed by atoms with Gasteiger partial charge in [-0.1, -0.05) is 26.0 Å². The van der Waals surface area contributed by atoms with Crippen molar-refractivity contribution in [2.24, 2.45) is 5.92 Å². The van der Waals surface area contributed by atoms with Crippen molar-refractivity contribution in [3.8, 4) is 5.75 Å². The summed E-state index contributed by atoms with van der Waals surface area (Å²) >= 11 is 0. The van der Waals surface area contributed by atoms with Gasteiger partial charge < -0.3 is 15.2 Å². The van der Waals surface area contributed by atoms with Crippen LogP contribution < -0.4 is 10.1 Å². The maximum Gasteiger partial charge on any atom is 0.305 e. The van der Waals surface area contributed by atoms with Crippen LogP contribution in [0.4, 0.5) is 0 Å². The first-order valence-electron chi connectivity index (χ1n) is 6.92. The molecule has 5 heteroatoms. The number of hydrogen-bond donors (Lipinski definition) is 2. The molecule has 0 aromatic heterocycles. The zero-order chi connectivity index (χ0) is 16.0. The van der Waals surface area contributed by atoms with Gasteiger partial charge >= 0.3 is 5.97 Å². The second-order valence-corrected chi connectivity index (χ2v) is 5.72. The van der Waals surface area contributed by atoms with E-state index in [1.807, 2.05) is 26.0 Å². The maximum atomic E-state index is 12.1. The Kier molecular flexibility index (Phi) is 5.76. The summed E-state index contributed by atoms with van der Waals surface area (Å²) in [5, 5.41) is 11.8. The standard InChI is InChI=1S/C16H23NO4/c1-11(2)16(3,10-15(19)20)17-14(18)9-12-5-7-13(21-4)8-6-12/h5-8,11H,9-10H2,1-4H3,(H,17,18)(H,19,20). The number of carboxylic acids is 1. The number of methoxy groups -OCH3 is 1. The minimum absolute atomic E-state index is 0.0217. The van der Waals surface area contributed by atoms with Crippen LogP contribution in [0.2, 0.25) is 0 Å². The quantitative estimate of drug-likeness (QED) is 0.808. The van der Waals surface area contributed by atoms with E-state index in [1.54, 1.807) is 26.2 Å². The average molecular weight is 293 g/mol. The first kappa shape index (κ1) is 17.0. The SMILES string of the molecule is COc1ccc(CC(=O)NC(C)(CC(=O)O)C(C)C)cc1. The Bertz CT molecular complexity index is 496. The summed E-state index contributed by atoms with van der Waals surface area (Å²) in [7, 11) is 1.59. The largest absolute Gasteiger partial charge is 0.497 e. The van der Waals surface area contributed by atoms with Crippen LogP contribution in [0, 0.1) is 5.92 Å². The first-order valence-corrected chi connectivity index (χ1v) is 6.92. The van der Waals surface area contributed by atoms with Crippen LogP contribution in [0.3, 0.4) is 0 Å². The van der Waals surface area contributed by atoms with E-state index in [0.29, 0.717) is 0 Å². The zero-order valence-corrected chi connectivity index (χ0v) is 13.0. The van der Waals surface area contributed by atoms with Crippen LogP contribution in [-0.4, -0.2) is 29.6 Å². The molecule has 0 aliphatic carbocycles. The van der Waals surface area contributed by atoms with Crippen molar-refractivity contribution in [3.05, 3.63) is 29.8 Å². The van der Waals surface area contributed by atoms with Gasteiger partial charge in [-0.05, 0) is 30.5 Å². The summed E-state index contributed by atoms with van der Waals surface area (Å²) in [5.41, 5.74) is 0.102. The van der Waals surface area contributed by atoms with Crippen molar-refractivity contribution < 1.29 is 19.4 Å². The molecule has 0 saturated carbocycles. The van der Waals surface area contributed by atoms with Crippen LogP contribution in [0.15, 0.2) is 24.3 Å². The van der Waals surface area contributed by atoms with Crippen molar-refractivity contribution in [1.29, 1.82) is 0 Å². The Morgan fingerprint density at radius 2 is 1.86 bits per heavy atom. The highest BCUT2D eigenvalue weighted by atomic mass is 16.5. The van der Waals surface area contributed by atoms with Gasteiger partial charge in [0.25, 0.3) is 0 Å². The molecule has 0 spiro atoms. The smallest absolute Gasteiger partial charge is 0.305 e. The molecule has 0 bridgehead atoms. The Labute approximate surface area is 125 Å². The van der Waals surface area contributed by atoms with E-state index in [9.17, 15) is 9.59 Å². The second-order valence-electron chi connectivity index (χ2n) is 5.72. The van der Waals surface area contributed by atoms with E-state index in [2.05, 4.69) is 5.32 Å². The third kappa shape index (κ3) is 5.10. The molecule has 116 valence electrons. The van der Waals surface area contributed by atoms with Crippen LogP contribution in [0.25, 0.3) is 0 Å². The molecule has 1 aromatic rings. The molecule has 0 aliphatic rings. The molecule has 21 heavy (non-hydrogen) atoms. The van der Waals surface area contributed by atoms with Crippen molar-refractivity contribution in [1.82, 2.24) is 5.32 Å². The van der Waals surface area contributed by atoms with Crippen molar-refractivity contribution in [2.75, 3.05) is 7.11 Å². The highest BCUT2D eigenvalue weighted by Crippen LogP contribution is 2.21. The molecule has 1 amide bonds. The normalized spacial score (nSPS) is 13.6. The van der Waals surface area contributed by atoms with E-state index in [1.165, 1.54) is 0 Å². The van der Waals surface area contributed by atoms with Gasteiger partial charge in [0.2, 0.25) is 5.91 Å². The van der Waals surface area contributed by atoms with Gasteiger partial charge in [-0.2, -0.15) is 0 Å². The molecule has 1 rings (SSSR count). The predicted octanol–water partition coefficient (Wildman–Crippen LogP) is 2.24. The van der Waals surface area contributed by atoms with Gasteiger partial charge in [0.1, 0.15) is 5.75 Å². The summed E-state index contributed by atoms with van der Waals surface area (Å²) in [4.78, 5) is 23.1. The summed E-state index contributed by atoms with van der Waals surface area (Å²) in [5.74, 6) is -0.348. The number of carboxylic acid groups (broad SMARTS) is 1. The number of ether oxygens (including phenoxy) is 1. The maximum absolute atomic E-state index is 12.1. The van der Waals surface area contributed by atoms with E-state index in [0.717, 1.165) is 11.3 Å². The topological polar surface area (TPSA) is 75.6 Å². The number of rotatable bonds is 7. The number of benzene rings is 1. The van der Waals surface area contributed by atoms with Gasteiger partial charge in [-0.25, -0.2) is 0 Å². The number of amides is 1. The number of carbonyl (C=O) groups is 2. The number of aliphatic carboxylic acids is 1. The monoisotopic (exact) mass is 293 g/mol. The first-order chi connectivity index (χ1) is 9.76. The lowest BCUT2D eigenvalue weighted by molar-refractivity contribution is -0.139. The average Bonchev–Trinajstić information content (AvgIpc) is 2.38. The van der Waals surface area contributed by atoms with E-state index in [-0.39, 0.29) is 24.7 Å². The van der Waals surface area contributed by atoms with Crippen LogP contribution in [0.5, 0.6) is 5.75 Å². The molecule has 0 heterocycles. The molecular formula is C16H23NO4. The Balaban J connectivity index is 2.71. The van der Waals surface area contributed by atoms with E-state index >= 15 is 0 Å². The minimum atomic E-state index is -0.920. The molecule has 1 unspecified atom stereocenters.